The van der Waals surface area contributed by atoms with Crippen LogP contribution < -0.4 is 0 Å². The van der Waals surface area contributed by atoms with Gasteiger partial charge in [-0.15, -0.1) is 0 Å². The lowest BCUT2D eigenvalue weighted by Gasteiger charge is -2.34. The fourth-order valence-corrected chi connectivity index (χ4v) is 4.19. The minimum atomic E-state index is 0.0416. The molecule has 2 nitrogen and oxygen atoms in total. The van der Waals surface area contributed by atoms with Crippen LogP contribution in [0.3, 0.4) is 0 Å². The number of carbonyl (C=O) groups excluding carboxylic acids is 1. The number of carbonyl (C=O) groups is 1. The third-order valence-corrected chi connectivity index (χ3v) is 5.27. The molecule has 3 rings (SSSR count). The first-order valence-electron chi connectivity index (χ1n) is 8.51. The number of fused-ring (bicyclic) bond motifs is 1. The Kier molecular flexibility index (Phi) is 4.14. The van der Waals surface area contributed by atoms with Crippen LogP contribution in [0.4, 0.5) is 0 Å². The summed E-state index contributed by atoms with van der Waals surface area (Å²) in [5.41, 5.74) is 3.78. The van der Waals surface area contributed by atoms with E-state index in [0.717, 1.165) is 31.5 Å². The van der Waals surface area contributed by atoms with Gasteiger partial charge in [0, 0.05) is 17.3 Å². The van der Waals surface area contributed by atoms with Crippen LogP contribution in [0.15, 0.2) is 12.1 Å². The number of aldehydes is 1. The highest BCUT2D eigenvalue weighted by Crippen LogP contribution is 2.40. The van der Waals surface area contributed by atoms with Crippen molar-refractivity contribution in [1.29, 1.82) is 0 Å². The maximum atomic E-state index is 11.4. The van der Waals surface area contributed by atoms with Gasteiger partial charge in [-0.05, 0) is 42.2 Å². The predicted molar refractivity (Wildman–Crippen MR) is 85.4 cm³/mol. The normalized spacial score (nSPS) is 25.3. The van der Waals surface area contributed by atoms with Crippen molar-refractivity contribution in [2.45, 2.75) is 71.1 Å². The van der Waals surface area contributed by atoms with E-state index in [0.29, 0.717) is 0 Å². The first-order valence-corrected chi connectivity index (χ1v) is 8.51. The monoisotopic (exact) mass is 285 g/mol. The van der Waals surface area contributed by atoms with Gasteiger partial charge in [0.2, 0.25) is 0 Å². The van der Waals surface area contributed by atoms with Crippen LogP contribution in [0.1, 0.15) is 75.2 Å². The summed E-state index contributed by atoms with van der Waals surface area (Å²) in [6.45, 7) is 4.50. The summed E-state index contributed by atoms with van der Waals surface area (Å²) in [5.74, 6) is 0.864. The van der Waals surface area contributed by atoms with Crippen molar-refractivity contribution in [2.75, 3.05) is 0 Å². The summed E-state index contributed by atoms with van der Waals surface area (Å²) < 4.78 is 0. The molecule has 1 fully saturated rings. The lowest BCUT2D eigenvalue weighted by molar-refractivity contribution is -0.109. The first kappa shape index (κ1) is 14.7. The molecule has 0 saturated heterocycles. The SMILES string of the molecule is CC1(C)Cc2nc(CC3CCCCC3)ccc2C(C=O)C1. The molecule has 1 unspecified atom stereocenters. The molecule has 21 heavy (non-hydrogen) atoms. The first-order chi connectivity index (χ1) is 10.1. The van der Waals surface area contributed by atoms with Crippen LogP contribution in [-0.4, -0.2) is 11.3 Å². The standard InChI is InChI=1S/C19H27NO/c1-19(2)11-15(13-21)17-9-8-16(20-18(17)12-19)10-14-6-4-3-5-7-14/h8-9,13-15H,3-7,10-12H2,1-2H3. The summed E-state index contributed by atoms with van der Waals surface area (Å²) in [5, 5.41) is 0. The lowest BCUT2D eigenvalue weighted by atomic mass is 9.71. The van der Waals surface area contributed by atoms with Gasteiger partial charge in [0.25, 0.3) is 0 Å². The van der Waals surface area contributed by atoms with Gasteiger partial charge in [0.1, 0.15) is 6.29 Å². The molecule has 0 aliphatic heterocycles. The van der Waals surface area contributed by atoms with Crippen LogP contribution in [-0.2, 0) is 17.6 Å². The number of hydrogen-bond acceptors (Lipinski definition) is 2. The van der Waals surface area contributed by atoms with Crippen molar-refractivity contribution in [1.82, 2.24) is 4.98 Å². The lowest BCUT2D eigenvalue weighted by Crippen LogP contribution is -2.27. The minimum Gasteiger partial charge on any atom is -0.303 e. The average Bonchev–Trinajstić information content (AvgIpc) is 2.46. The molecule has 2 aliphatic rings. The van der Waals surface area contributed by atoms with Gasteiger partial charge < -0.3 is 4.79 Å². The zero-order valence-corrected chi connectivity index (χ0v) is 13.4. The second kappa shape index (κ2) is 5.90. The molecule has 1 heterocycles. The van der Waals surface area contributed by atoms with E-state index in [2.05, 4.69) is 26.0 Å². The summed E-state index contributed by atoms with van der Waals surface area (Å²) in [6.07, 6.45) is 11.1. The molecule has 0 aromatic carbocycles. The van der Waals surface area contributed by atoms with Crippen LogP contribution >= 0.6 is 0 Å². The maximum absolute atomic E-state index is 11.4. The Morgan fingerprint density at radius 2 is 2.00 bits per heavy atom. The van der Waals surface area contributed by atoms with Crippen LogP contribution in [0.25, 0.3) is 0 Å². The van der Waals surface area contributed by atoms with E-state index in [1.807, 2.05) is 0 Å². The van der Waals surface area contributed by atoms with Gasteiger partial charge >= 0.3 is 0 Å². The largest absolute Gasteiger partial charge is 0.303 e. The average molecular weight is 285 g/mol. The van der Waals surface area contributed by atoms with E-state index < -0.39 is 0 Å². The van der Waals surface area contributed by atoms with E-state index in [1.165, 1.54) is 49.1 Å². The third kappa shape index (κ3) is 3.36. The topological polar surface area (TPSA) is 30.0 Å². The van der Waals surface area contributed by atoms with Crippen molar-refractivity contribution in [3.63, 3.8) is 0 Å². The summed E-state index contributed by atoms with van der Waals surface area (Å²) in [6, 6.07) is 4.34. The Morgan fingerprint density at radius 1 is 1.24 bits per heavy atom. The smallest absolute Gasteiger partial charge is 0.127 e. The molecule has 2 heteroatoms. The van der Waals surface area contributed by atoms with Gasteiger partial charge in [-0.2, -0.15) is 0 Å². The maximum Gasteiger partial charge on any atom is 0.127 e. The Hall–Kier alpha value is -1.18. The highest BCUT2D eigenvalue weighted by atomic mass is 16.1. The Bertz CT molecular complexity index is 514. The summed E-state index contributed by atoms with van der Waals surface area (Å²) >= 11 is 0. The summed E-state index contributed by atoms with van der Waals surface area (Å²) in [7, 11) is 0. The van der Waals surface area contributed by atoms with E-state index >= 15 is 0 Å². The van der Waals surface area contributed by atoms with Crippen LogP contribution in [0.2, 0.25) is 0 Å². The van der Waals surface area contributed by atoms with Crippen molar-refractivity contribution >= 4 is 6.29 Å². The Morgan fingerprint density at radius 3 is 2.71 bits per heavy atom. The molecule has 1 saturated carbocycles. The summed E-state index contributed by atoms with van der Waals surface area (Å²) in [4.78, 5) is 16.3. The number of hydrogen-bond donors (Lipinski definition) is 0. The molecular formula is C19H27NO. The van der Waals surface area contributed by atoms with Gasteiger partial charge in [0.05, 0.1) is 0 Å². The van der Waals surface area contributed by atoms with Crippen molar-refractivity contribution in [3.05, 3.63) is 29.1 Å². The Labute approximate surface area is 128 Å². The molecule has 0 N–H and O–H groups in total. The van der Waals surface area contributed by atoms with Crippen molar-refractivity contribution in [2.24, 2.45) is 11.3 Å². The third-order valence-electron chi connectivity index (χ3n) is 5.27. The van der Waals surface area contributed by atoms with Gasteiger partial charge in [-0.1, -0.05) is 52.0 Å². The molecule has 114 valence electrons. The zero-order valence-electron chi connectivity index (χ0n) is 13.4. The quantitative estimate of drug-likeness (QED) is 0.767. The predicted octanol–water partition coefficient (Wildman–Crippen LogP) is 4.46. The molecule has 1 aromatic heterocycles. The van der Waals surface area contributed by atoms with Gasteiger partial charge in [-0.3, -0.25) is 4.98 Å². The fraction of sp³-hybridized carbons (Fsp3) is 0.684. The molecular weight excluding hydrogens is 258 g/mol. The van der Waals surface area contributed by atoms with Crippen LogP contribution in [0.5, 0.6) is 0 Å². The Balaban J connectivity index is 1.81. The highest BCUT2D eigenvalue weighted by molar-refractivity contribution is 5.63. The van der Waals surface area contributed by atoms with Gasteiger partial charge in [-0.25, -0.2) is 0 Å². The molecule has 2 aliphatic carbocycles. The zero-order chi connectivity index (χ0) is 14.9. The van der Waals surface area contributed by atoms with E-state index in [9.17, 15) is 4.79 Å². The van der Waals surface area contributed by atoms with Gasteiger partial charge in [0.15, 0.2) is 0 Å². The second-order valence-electron chi connectivity index (χ2n) is 7.83. The fourth-order valence-electron chi connectivity index (χ4n) is 4.19. The molecule has 0 bridgehead atoms. The minimum absolute atomic E-state index is 0.0416. The number of aromatic nitrogens is 1. The highest BCUT2D eigenvalue weighted by Gasteiger charge is 2.33. The second-order valence-corrected chi connectivity index (χ2v) is 7.83. The van der Waals surface area contributed by atoms with Crippen LogP contribution in [0, 0.1) is 11.3 Å². The van der Waals surface area contributed by atoms with E-state index in [-0.39, 0.29) is 11.3 Å². The van der Waals surface area contributed by atoms with Crippen molar-refractivity contribution < 1.29 is 4.79 Å². The van der Waals surface area contributed by atoms with E-state index in [4.69, 9.17) is 4.98 Å². The molecule has 1 atom stereocenters. The number of pyridine rings is 1. The number of rotatable bonds is 3. The molecule has 0 spiro atoms. The number of nitrogens with zero attached hydrogens (tertiary/aromatic N) is 1. The van der Waals surface area contributed by atoms with Crippen molar-refractivity contribution in [3.8, 4) is 0 Å². The molecule has 0 radical (unpaired) electrons. The van der Waals surface area contributed by atoms with E-state index in [1.54, 1.807) is 0 Å². The molecule has 1 aromatic rings. The molecule has 0 amide bonds.